The van der Waals surface area contributed by atoms with Crippen molar-refractivity contribution < 1.29 is 9.84 Å². The molecule has 0 aromatic rings. The molecular weight excluding hydrogens is 214 g/mol. The third-order valence-electron chi connectivity index (χ3n) is 3.87. The number of nitrogens with one attached hydrogen (secondary N) is 1. The van der Waals surface area contributed by atoms with Crippen molar-refractivity contribution in [1.82, 2.24) is 5.32 Å². The largest absolute Gasteiger partial charge is 0.386 e. The predicted octanol–water partition coefficient (Wildman–Crippen LogP) is 2.08. The molecule has 3 atom stereocenters. The Hall–Kier alpha value is -0.120. The zero-order valence-corrected chi connectivity index (χ0v) is 11.2. The van der Waals surface area contributed by atoms with E-state index >= 15 is 0 Å². The van der Waals surface area contributed by atoms with Crippen LogP contribution in [0.15, 0.2) is 0 Å². The quantitative estimate of drug-likeness (QED) is 0.748. The first-order valence-corrected chi connectivity index (χ1v) is 7.12. The molecule has 2 fully saturated rings. The standard InChI is InChI=1S/C14H27NO2/c1-11-4-3-5-13(8-11)17-10-14(2,16)9-15-12-6-7-12/h11-13,15-16H,3-10H2,1-2H3. The van der Waals surface area contributed by atoms with E-state index in [1.165, 1.54) is 25.7 Å². The molecule has 2 aliphatic carbocycles. The molecule has 0 aromatic carbocycles. The SMILES string of the molecule is CC1CCCC(OCC(C)(O)CNC2CC2)C1. The third-order valence-corrected chi connectivity index (χ3v) is 3.87. The molecule has 3 heteroatoms. The lowest BCUT2D eigenvalue weighted by Crippen LogP contribution is -2.43. The second-order valence-electron chi connectivity index (χ2n) is 6.36. The van der Waals surface area contributed by atoms with Gasteiger partial charge >= 0.3 is 0 Å². The lowest BCUT2D eigenvalue weighted by molar-refractivity contribution is -0.0749. The normalized spacial score (nSPS) is 33.4. The Morgan fingerprint density at radius 1 is 1.29 bits per heavy atom. The summed E-state index contributed by atoms with van der Waals surface area (Å²) in [6.07, 6.45) is 7.82. The van der Waals surface area contributed by atoms with Crippen LogP contribution in [0.2, 0.25) is 0 Å². The minimum Gasteiger partial charge on any atom is -0.386 e. The van der Waals surface area contributed by atoms with Crippen LogP contribution in [0, 0.1) is 5.92 Å². The molecule has 0 spiro atoms. The highest BCUT2D eigenvalue weighted by Gasteiger charge is 2.28. The molecule has 0 saturated heterocycles. The van der Waals surface area contributed by atoms with Crippen LogP contribution in [0.25, 0.3) is 0 Å². The lowest BCUT2D eigenvalue weighted by atomic mass is 9.88. The summed E-state index contributed by atoms with van der Waals surface area (Å²) in [5, 5.41) is 13.6. The highest BCUT2D eigenvalue weighted by Crippen LogP contribution is 2.26. The fourth-order valence-electron chi connectivity index (χ4n) is 2.53. The molecule has 17 heavy (non-hydrogen) atoms. The molecule has 3 unspecified atom stereocenters. The fraction of sp³-hybridized carbons (Fsp3) is 1.00. The van der Waals surface area contributed by atoms with Crippen molar-refractivity contribution in [3.05, 3.63) is 0 Å². The van der Waals surface area contributed by atoms with Gasteiger partial charge in [0.1, 0.15) is 0 Å². The van der Waals surface area contributed by atoms with E-state index in [1.54, 1.807) is 0 Å². The van der Waals surface area contributed by atoms with Gasteiger partial charge < -0.3 is 15.2 Å². The zero-order chi connectivity index (χ0) is 12.3. The fourth-order valence-corrected chi connectivity index (χ4v) is 2.53. The van der Waals surface area contributed by atoms with E-state index in [2.05, 4.69) is 12.2 Å². The van der Waals surface area contributed by atoms with Crippen LogP contribution >= 0.6 is 0 Å². The van der Waals surface area contributed by atoms with Crippen LogP contribution in [0.1, 0.15) is 52.4 Å². The Balaban J connectivity index is 1.64. The summed E-state index contributed by atoms with van der Waals surface area (Å²) in [5.41, 5.74) is -0.719. The van der Waals surface area contributed by atoms with Crippen molar-refractivity contribution in [3.8, 4) is 0 Å². The molecule has 0 aliphatic heterocycles. The molecule has 2 rings (SSSR count). The van der Waals surface area contributed by atoms with Gasteiger partial charge in [-0.3, -0.25) is 0 Å². The Morgan fingerprint density at radius 3 is 2.71 bits per heavy atom. The van der Waals surface area contributed by atoms with Crippen molar-refractivity contribution in [2.24, 2.45) is 5.92 Å². The van der Waals surface area contributed by atoms with Crippen LogP contribution in [0.3, 0.4) is 0 Å². The average molecular weight is 241 g/mol. The number of rotatable bonds is 6. The molecule has 0 aromatic heterocycles. The van der Waals surface area contributed by atoms with Gasteiger partial charge in [0.05, 0.1) is 18.3 Å². The van der Waals surface area contributed by atoms with Crippen molar-refractivity contribution in [2.75, 3.05) is 13.2 Å². The Morgan fingerprint density at radius 2 is 2.06 bits per heavy atom. The molecule has 0 amide bonds. The lowest BCUT2D eigenvalue weighted by Gasteiger charge is -2.31. The van der Waals surface area contributed by atoms with Crippen molar-refractivity contribution in [2.45, 2.75) is 70.1 Å². The Bertz CT molecular complexity index is 238. The molecule has 100 valence electrons. The van der Waals surface area contributed by atoms with Crippen molar-refractivity contribution >= 4 is 0 Å². The van der Waals surface area contributed by atoms with Gasteiger partial charge in [0, 0.05) is 12.6 Å². The molecule has 2 N–H and O–H groups in total. The Labute approximate surface area is 105 Å². The zero-order valence-electron chi connectivity index (χ0n) is 11.2. The van der Waals surface area contributed by atoms with Gasteiger partial charge in [0.25, 0.3) is 0 Å². The third kappa shape index (κ3) is 4.94. The van der Waals surface area contributed by atoms with E-state index in [-0.39, 0.29) is 0 Å². The number of ether oxygens (including phenoxy) is 1. The smallest absolute Gasteiger partial charge is 0.0975 e. The molecule has 2 saturated carbocycles. The van der Waals surface area contributed by atoms with Gasteiger partial charge in [-0.1, -0.05) is 19.8 Å². The van der Waals surface area contributed by atoms with E-state index < -0.39 is 5.60 Å². The monoisotopic (exact) mass is 241 g/mol. The van der Waals surface area contributed by atoms with E-state index in [9.17, 15) is 5.11 Å². The maximum absolute atomic E-state index is 10.2. The molecular formula is C14H27NO2. The van der Waals surface area contributed by atoms with Gasteiger partial charge in [-0.25, -0.2) is 0 Å². The number of hydrogen-bond acceptors (Lipinski definition) is 3. The van der Waals surface area contributed by atoms with Crippen LogP contribution in [0.5, 0.6) is 0 Å². The highest BCUT2D eigenvalue weighted by molar-refractivity contribution is 4.85. The number of hydrogen-bond donors (Lipinski definition) is 2. The van der Waals surface area contributed by atoms with Crippen molar-refractivity contribution in [1.29, 1.82) is 0 Å². The average Bonchev–Trinajstić information content (AvgIpc) is 3.08. The summed E-state index contributed by atoms with van der Waals surface area (Å²) >= 11 is 0. The molecule has 2 aliphatic rings. The highest BCUT2D eigenvalue weighted by atomic mass is 16.5. The maximum atomic E-state index is 10.2. The van der Waals surface area contributed by atoms with E-state index in [1.807, 2.05) is 6.92 Å². The van der Waals surface area contributed by atoms with Gasteiger partial charge in [-0.15, -0.1) is 0 Å². The molecule has 0 radical (unpaired) electrons. The van der Waals surface area contributed by atoms with Crippen LogP contribution in [-0.4, -0.2) is 36.0 Å². The summed E-state index contributed by atoms with van der Waals surface area (Å²) in [4.78, 5) is 0. The van der Waals surface area contributed by atoms with Gasteiger partial charge in [-0.05, 0) is 38.5 Å². The topological polar surface area (TPSA) is 41.5 Å². The van der Waals surface area contributed by atoms with E-state index in [4.69, 9.17) is 4.74 Å². The van der Waals surface area contributed by atoms with E-state index in [0.717, 1.165) is 18.8 Å². The second kappa shape index (κ2) is 5.68. The molecule has 3 nitrogen and oxygen atoms in total. The summed E-state index contributed by atoms with van der Waals surface area (Å²) in [5.74, 6) is 0.781. The van der Waals surface area contributed by atoms with Crippen LogP contribution < -0.4 is 5.32 Å². The van der Waals surface area contributed by atoms with E-state index in [0.29, 0.717) is 25.3 Å². The van der Waals surface area contributed by atoms with Gasteiger partial charge in [-0.2, -0.15) is 0 Å². The summed E-state index contributed by atoms with van der Waals surface area (Å²) < 4.78 is 5.88. The van der Waals surface area contributed by atoms with Crippen molar-refractivity contribution in [3.63, 3.8) is 0 Å². The molecule has 0 heterocycles. The minimum absolute atomic E-state index is 0.367. The van der Waals surface area contributed by atoms with Crippen LogP contribution in [0.4, 0.5) is 0 Å². The first-order chi connectivity index (χ1) is 8.05. The predicted molar refractivity (Wildman–Crippen MR) is 69.0 cm³/mol. The maximum Gasteiger partial charge on any atom is 0.0975 e. The summed E-state index contributed by atoms with van der Waals surface area (Å²) in [6.45, 7) is 5.28. The first-order valence-electron chi connectivity index (χ1n) is 7.12. The van der Waals surface area contributed by atoms with Gasteiger partial charge in [0.15, 0.2) is 0 Å². The summed E-state index contributed by atoms with van der Waals surface area (Å²) in [6, 6.07) is 0.649. The molecule has 0 bridgehead atoms. The first kappa shape index (κ1) is 13.3. The minimum atomic E-state index is -0.719. The second-order valence-corrected chi connectivity index (χ2v) is 6.36. The number of aliphatic hydroxyl groups is 1. The summed E-state index contributed by atoms with van der Waals surface area (Å²) in [7, 11) is 0. The Kier molecular flexibility index (Phi) is 4.45. The van der Waals surface area contributed by atoms with Gasteiger partial charge in [0.2, 0.25) is 0 Å². The van der Waals surface area contributed by atoms with Crippen LogP contribution in [-0.2, 0) is 4.74 Å².